The zero-order valence-corrected chi connectivity index (χ0v) is 7.30. The van der Waals surface area contributed by atoms with E-state index in [1.807, 2.05) is 0 Å². The molecule has 0 aliphatic heterocycles. The van der Waals surface area contributed by atoms with Crippen LogP contribution in [-0.4, -0.2) is 23.0 Å². The summed E-state index contributed by atoms with van der Waals surface area (Å²) >= 11 is 0. The minimum Gasteiger partial charge on any atom is -0.468 e. The number of imidazole rings is 1. The van der Waals surface area contributed by atoms with E-state index in [1.54, 1.807) is 0 Å². The summed E-state index contributed by atoms with van der Waals surface area (Å²) in [5, 5.41) is 0. The molecule has 1 rings (SSSR count). The van der Waals surface area contributed by atoms with Gasteiger partial charge in [-0.25, -0.2) is 9.78 Å². The van der Waals surface area contributed by atoms with E-state index in [0.717, 1.165) is 0 Å². The van der Waals surface area contributed by atoms with E-state index >= 15 is 0 Å². The van der Waals surface area contributed by atoms with Gasteiger partial charge in [0.2, 0.25) is 0 Å². The van der Waals surface area contributed by atoms with Gasteiger partial charge in [0.25, 0.3) is 0 Å². The quantitative estimate of drug-likeness (QED) is 0.645. The second-order valence-electron chi connectivity index (χ2n) is 2.01. The van der Waals surface area contributed by atoms with Crippen molar-refractivity contribution < 1.29 is 9.53 Å². The molecule has 0 unspecified atom stereocenters. The van der Waals surface area contributed by atoms with Crippen LogP contribution >= 0.6 is 12.4 Å². The fraction of sp³-hybridized carbons (Fsp3) is 0.333. The number of carbonyl (C=O) groups excluding carboxylic acids is 1. The van der Waals surface area contributed by atoms with Gasteiger partial charge in [-0.3, -0.25) is 0 Å². The van der Waals surface area contributed by atoms with E-state index in [1.165, 1.54) is 19.6 Å². The molecule has 6 heteroatoms. The molecule has 0 saturated heterocycles. The molecule has 0 fully saturated rings. The lowest BCUT2D eigenvalue weighted by atomic mass is 10.2. The van der Waals surface area contributed by atoms with Crippen molar-refractivity contribution in [1.29, 1.82) is 0 Å². The van der Waals surface area contributed by atoms with Crippen LogP contribution in [0.1, 0.15) is 11.7 Å². The van der Waals surface area contributed by atoms with Crippen molar-refractivity contribution in [2.75, 3.05) is 7.11 Å². The fourth-order valence-corrected chi connectivity index (χ4v) is 0.691. The van der Waals surface area contributed by atoms with Gasteiger partial charge in [0, 0.05) is 0 Å². The predicted octanol–water partition coefficient (Wildman–Crippen LogP) is 0.00430. The smallest absolute Gasteiger partial charge is 0.328 e. The normalized spacial score (nSPS) is 11.5. The summed E-state index contributed by atoms with van der Waals surface area (Å²) in [6.07, 6.45) is 2.94. The van der Waals surface area contributed by atoms with Gasteiger partial charge in [0.15, 0.2) is 0 Å². The number of esters is 1. The first-order valence-corrected chi connectivity index (χ1v) is 3.07. The first kappa shape index (κ1) is 10.9. The number of nitrogens with one attached hydrogen (secondary N) is 1. The number of ether oxygens (including phenoxy) is 1. The molecule has 1 heterocycles. The molecule has 0 aromatic carbocycles. The van der Waals surface area contributed by atoms with Crippen molar-refractivity contribution in [3.63, 3.8) is 0 Å². The molecule has 0 aliphatic carbocycles. The number of hydrogen-bond acceptors (Lipinski definition) is 4. The Morgan fingerprint density at radius 1 is 1.83 bits per heavy atom. The van der Waals surface area contributed by atoms with Crippen LogP contribution < -0.4 is 5.73 Å². The number of H-pyrrole nitrogens is 1. The fourth-order valence-electron chi connectivity index (χ4n) is 0.691. The van der Waals surface area contributed by atoms with Crippen LogP contribution in [0.25, 0.3) is 0 Å². The Kier molecular flexibility index (Phi) is 4.31. The van der Waals surface area contributed by atoms with E-state index in [9.17, 15) is 4.79 Å². The van der Waals surface area contributed by atoms with Crippen LogP contribution in [0.15, 0.2) is 12.5 Å². The summed E-state index contributed by atoms with van der Waals surface area (Å²) in [5.74, 6) is -0.478. The third-order valence-electron chi connectivity index (χ3n) is 1.31. The van der Waals surface area contributed by atoms with E-state index in [0.29, 0.717) is 5.69 Å². The molecular weight excluding hydrogens is 182 g/mol. The lowest BCUT2D eigenvalue weighted by molar-refractivity contribution is -0.142. The summed E-state index contributed by atoms with van der Waals surface area (Å²) < 4.78 is 4.42. The van der Waals surface area contributed by atoms with Crippen LogP contribution in [-0.2, 0) is 9.53 Å². The second kappa shape index (κ2) is 4.74. The molecule has 12 heavy (non-hydrogen) atoms. The van der Waals surface area contributed by atoms with Gasteiger partial charge in [0.05, 0.1) is 25.3 Å². The maximum atomic E-state index is 10.8. The molecule has 0 spiro atoms. The van der Waals surface area contributed by atoms with Crippen molar-refractivity contribution in [1.82, 2.24) is 9.97 Å². The largest absolute Gasteiger partial charge is 0.468 e. The number of aromatic nitrogens is 2. The van der Waals surface area contributed by atoms with Gasteiger partial charge in [-0.15, -0.1) is 12.4 Å². The minimum atomic E-state index is -0.762. The van der Waals surface area contributed by atoms with Crippen molar-refractivity contribution in [2.24, 2.45) is 5.73 Å². The topological polar surface area (TPSA) is 81.0 Å². The van der Waals surface area contributed by atoms with Gasteiger partial charge in [-0.2, -0.15) is 0 Å². The molecule has 0 radical (unpaired) electrons. The summed E-state index contributed by atoms with van der Waals surface area (Å²) in [7, 11) is 1.29. The number of hydrogen-bond donors (Lipinski definition) is 2. The maximum absolute atomic E-state index is 10.8. The lowest BCUT2D eigenvalue weighted by Crippen LogP contribution is -2.22. The average molecular weight is 192 g/mol. The SMILES string of the molecule is COC(=O)[C@@H](N)c1cnc[nH]1.Cl. The molecule has 5 nitrogen and oxygen atoms in total. The Morgan fingerprint density at radius 3 is 2.92 bits per heavy atom. The van der Waals surface area contributed by atoms with Crippen molar-refractivity contribution in [3.05, 3.63) is 18.2 Å². The number of nitrogens with zero attached hydrogens (tertiary/aromatic N) is 1. The maximum Gasteiger partial charge on any atom is 0.328 e. The Bertz CT molecular complexity index is 237. The van der Waals surface area contributed by atoms with Gasteiger partial charge >= 0.3 is 5.97 Å². The average Bonchev–Trinajstić information content (AvgIpc) is 2.53. The zero-order valence-electron chi connectivity index (χ0n) is 6.48. The molecule has 1 aromatic rings. The minimum absolute atomic E-state index is 0. The summed E-state index contributed by atoms with van der Waals surface area (Å²) in [6, 6.07) is -0.762. The first-order valence-electron chi connectivity index (χ1n) is 3.07. The van der Waals surface area contributed by atoms with Crippen molar-refractivity contribution >= 4 is 18.4 Å². The lowest BCUT2D eigenvalue weighted by Gasteiger charge is -2.04. The Balaban J connectivity index is 0.00000121. The Labute approximate surface area is 75.7 Å². The van der Waals surface area contributed by atoms with Crippen LogP contribution in [0.5, 0.6) is 0 Å². The van der Waals surface area contributed by atoms with Crippen LogP contribution in [0.2, 0.25) is 0 Å². The first-order chi connectivity index (χ1) is 5.25. The third kappa shape index (κ3) is 2.21. The van der Waals surface area contributed by atoms with E-state index in [-0.39, 0.29) is 12.4 Å². The predicted molar refractivity (Wildman–Crippen MR) is 44.8 cm³/mol. The molecule has 1 atom stereocenters. The molecule has 0 bridgehead atoms. The number of carbonyl (C=O) groups is 1. The van der Waals surface area contributed by atoms with Gasteiger partial charge in [-0.1, -0.05) is 0 Å². The molecule has 0 saturated carbocycles. The standard InChI is InChI=1S/C6H9N3O2.ClH/c1-11-6(10)5(7)4-2-8-3-9-4;/h2-3,5H,7H2,1H3,(H,8,9);1H/t5-;/m0./s1. The molecular formula is C6H10ClN3O2. The highest BCUT2D eigenvalue weighted by molar-refractivity contribution is 5.85. The van der Waals surface area contributed by atoms with Gasteiger partial charge < -0.3 is 15.5 Å². The third-order valence-corrected chi connectivity index (χ3v) is 1.31. The zero-order chi connectivity index (χ0) is 8.27. The number of nitrogens with two attached hydrogens (primary N) is 1. The van der Waals surface area contributed by atoms with E-state index < -0.39 is 12.0 Å². The Morgan fingerprint density at radius 2 is 2.50 bits per heavy atom. The van der Waals surface area contributed by atoms with Gasteiger partial charge in [-0.05, 0) is 0 Å². The van der Waals surface area contributed by atoms with Crippen LogP contribution in [0.3, 0.4) is 0 Å². The van der Waals surface area contributed by atoms with Crippen molar-refractivity contribution in [2.45, 2.75) is 6.04 Å². The van der Waals surface area contributed by atoms with Crippen LogP contribution in [0, 0.1) is 0 Å². The number of methoxy groups -OCH3 is 1. The number of halogens is 1. The summed E-state index contributed by atoms with van der Waals surface area (Å²) in [5.41, 5.74) is 6.00. The van der Waals surface area contributed by atoms with Gasteiger partial charge in [0.1, 0.15) is 6.04 Å². The highest BCUT2D eigenvalue weighted by Gasteiger charge is 2.16. The molecule has 1 aromatic heterocycles. The second-order valence-corrected chi connectivity index (χ2v) is 2.01. The van der Waals surface area contributed by atoms with E-state index in [2.05, 4.69) is 14.7 Å². The Hall–Kier alpha value is -1.07. The monoisotopic (exact) mass is 191 g/mol. The summed E-state index contributed by atoms with van der Waals surface area (Å²) in [4.78, 5) is 17.2. The van der Waals surface area contributed by atoms with Crippen LogP contribution in [0.4, 0.5) is 0 Å². The number of aromatic amines is 1. The highest BCUT2D eigenvalue weighted by atomic mass is 35.5. The molecule has 68 valence electrons. The number of rotatable bonds is 2. The highest BCUT2D eigenvalue weighted by Crippen LogP contribution is 2.05. The molecule has 0 amide bonds. The van der Waals surface area contributed by atoms with E-state index in [4.69, 9.17) is 5.73 Å². The van der Waals surface area contributed by atoms with Crippen molar-refractivity contribution in [3.8, 4) is 0 Å². The molecule has 3 N–H and O–H groups in total. The summed E-state index contributed by atoms with van der Waals surface area (Å²) in [6.45, 7) is 0. The molecule has 0 aliphatic rings.